The molecule has 24 heavy (non-hydrogen) atoms. The number of rotatable bonds is 4. The smallest absolute Gasteiger partial charge is 0.253 e. The van der Waals surface area contributed by atoms with Crippen LogP contribution in [0.15, 0.2) is 46.2 Å². The third-order valence-electron chi connectivity index (χ3n) is 4.92. The molecule has 1 aliphatic carbocycles. The highest BCUT2D eigenvalue weighted by molar-refractivity contribution is 7.98. The average molecular weight is 338 g/mol. The van der Waals surface area contributed by atoms with Gasteiger partial charge < -0.3 is 9.13 Å². The Morgan fingerprint density at radius 2 is 2.04 bits per heavy atom. The molecule has 0 bridgehead atoms. The molecule has 4 heteroatoms. The summed E-state index contributed by atoms with van der Waals surface area (Å²) in [5.74, 6) is 0.797. The van der Waals surface area contributed by atoms with Crippen molar-refractivity contribution in [2.24, 2.45) is 13.0 Å². The van der Waals surface area contributed by atoms with Gasteiger partial charge in [0.2, 0.25) is 0 Å². The molecule has 124 valence electrons. The Bertz CT molecular complexity index is 953. The molecule has 1 aromatic carbocycles. The monoisotopic (exact) mass is 338 g/mol. The van der Waals surface area contributed by atoms with Crippen LogP contribution in [0.2, 0.25) is 0 Å². The number of aromatic nitrogens is 2. The number of thioether (sulfide) groups is 1. The minimum atomic E-state index is 0.0772. The Balaban J connectivity index is 1.98. The number of hydrogen-bond donors (Lipinski definition) is 0. The van der Waals surface area contributed by atoms with E-state index in [-0.39, 0.29) is 5.56 Å². The minimum Gasteiger partial charge on any atom is -0.340 e. The minimum absolute atomic E-state index is 0.0772. The molecule has 0 aliphatic heterocycles. The maximum Gasteiger partial charge on any atom is 0.253 e. The third-order valence-corrected chi connectivity index (χ3v) is 5.72. The van der Waals surface area contributed by atoms with Crippen molar-refractivity contribution < 1.29 is 0 Å². The Hall–Kier alpha value is -1.94. The lowest BCUT2D eigenvalue weighted by molar-refractivity contribution is 0.651. The summed E-state index contributed by atoms with van der Waals surface area (Å²) < 4.78 is 4.14. The lowest BCUT2D eigenvalue weighted by Crippen LogP contribution is -2.18. The summed E-state index contributed by atoms with van der Waals surface area (Å²) in [5.41, 5.74) is 4.52. The van der Waals surface area contributed by atoms with Gasteiger partial charge in [0.15, 0.2) is 0 Å². The standard InChI is InChI=1S/C20H22N2OS/c1-13-9-15(12-21(2)20(13)23)18-10-16-17(5-4-6-19(16)24-3)22(18)11-14-7-8-14/h4-6,9-10,12,14H,7-8,11H2,1-3H3. The molecule has 0 spiro atoms. The van der Waals surface area contributed by atoms with E-state index in [2.05, 4.69) is 35.1 Å². The Labute approximate surface area is 146 Å². The van der Waals surface area contributed by atoms with Crippen LogP contribution >= 0.6 is 11.8 Å². The second kappa shape index (κ2) is 5.85. The van der Waals surface area contributed by atoms with Gasteiger partial charge in [-0.15, -0.1) is 11.8 Å². The lowest BCUT2D eigenvalue weighted by atomic mass is 10.1. The average Bonchev–Trinajstić information content (AvgIpc) is 3.32. The molecule has 4 rings (SSSR count). The molecule has 2 aromatic heterocycles. The predicted octanol–water partition coefficient (Wildman–Crippen LogP) is 4.45. The highest BCUT2D eigenvalue weighted by Gasteiger charge is 2.24. The van der Waals surface area contributed by atoms with Crippen molar-refractivity contribution in [2.75, 3.05) is 6.26 Å². The summed E-state index contributed by atoms with van der Waals surface area (Å²) in [6.07, 6.45) is 6.75. The molecular weight excluding hydrogens is 316 g/mol. The topological polar surface area (TPSA) is 26.9 Å². The number of benzene rings is 1. The number of hydrogen-bond acceptors (Lipinski definition) is 2. The SMILES string of the molecule is CSc1cccc2c1cc(-c1cc(C)c(=O)n(C)c1)n2CC1CC1. The number of pyridine rings is 1. The molecule has 0 radical (unpaired) electrons. The van der Waals surface area contributed by atoms with E-state index < -0.39 is 0 Å². The van der Waals surface area contributed by atoms with Crippen LogP contribution in [-0.4, -0.2) is 15.4 Å². The molecular formula is C20H22N2OS. The van der Waals surface area contributed by atoms with Crippen molar-refractivity contribution in [3.8, 4) is 11.3 Å². The molecule has 0 atom stereocenters. The van der Waals surface area contributed by atoms with Crippen LogP contribution in [0.25, 0.3) is 22.2 Å². The van der Waals surface area contributed by atoms with Gasteiger partial charge in [-0.1, -0.05) is 6.07 Å². The van der Waals surface area contributed by atoms with Crippen molar-refractivity contribution in [3.05, 3.63) is 52.4 Å². The first-order chi connectivity index (χ1) is 11.6. The van der Waals surface area contributed by atoms with Crippen LogP contribution in [0.5, 0.6) is 0 Å². The van der Waals surface area contributed by atoms with E-state index in [1.165, 1.54) is 34.3 Å². The van der Waals surface area contributed by atoms with Crippen molar-refractivity contribution in [3.63, 3.8) is 0 Å². The van der Waals surface area contributed by atoms with E-state index in [4.69, 9.17) is 0 Å². The Morgan fingerprint density at radius 3 is 2.71 bits per heavy atom. The summed E-state index contributed by atoms with van der Waals surface area (Å²) in [6, 6.07) is 10.9. The van der Waals surface area contributed by atoms with Gasteiger partial charge in [-0.3, -0.25) is 4.79 Å². The van der Waals surface area contributed by atoms with Crippen molar-refractivity contribution in [1.29, 1.82) is 0 Å². The van der Waals surface area contributed by atoms with Crippen molar-refractivity contribution >= 4 is 22.7 Å². The maximum absolute atomic E-state index is 12.1. The van der Waals surface area contributed by atoms with Crippen LogP contribution in [0.4, 0.5) is 0 Å². The molecule has 0 saturated heterocycles. The second-order valence-corrected chi connectivity index (χ2v) is 7.65. The summed E-state index contributed by atoms with van der Waals surface area (Å²) >= 11 is 1.79. The van der Waals surface area contributed by atoms with Crippen LogP contribution in [0, 0.1) is 12.8 Å². The highest BCUT2D eigenvalue weighted by Crippen LogP contribution is 2.38. The van der Waals surface area contributed by atoms with E-state index >= 15 is 0 Å². The fourth-order valence-electron chi connectivity index (χ4n) is 3.45. The molecule has 0 amide bonds. The van der Waals surface area contributed by atoms with Gasteiger partial charge in [0.05, 0.1) is 5.69 Å². The molecule has 0 N–H and O–H groups in total. The molecule has 3 nitrogen and oxygen atoms in total. The summed E-state index contributed by atoms with van der Waals surface area (Å²) in [6.45, 7) is 2.96. The number of aryl methyl sites for hydroxylation is 2. The first-order valence-electron chi connectivity index (χ1n) is 8.42. The van der Waals surface area contributed by atoms with Crippen LogP contribution in [-0.2, 0) is 13.6 Å². The Kier molecular flexibility index (Phi) is 3.80. The first-order valence-corrected chi connectivity index (χ1v) is 9.65. The zero-order valence-corrected chi connectivity index (χ0v) is 15.2. The predicted molar refractivity (Wildman–Crippen MR) is 102 cm³/mol. The molecule has 3 aromatic rings. The molecule has 1 aliphatic rings. The second-order valence-electron chi connectivity index (χ2n) is 6.80. The van der Waals surface area contributed by atoms with Gasteiger partial charge >= 0.3 is 0 Å². The number of nitrogens with zero attached hydrogens (tertiary/aromatic N) is 2. The summed E-state index contributed by atoms with van der Waals surface area (Å²) in [4.78, 5) is 13.4. The van der Waals surface area contributed by atoms with Gasteiger partial charge in [0.1, 0.15) is 0 Å². The fraction of sp³-hybridized carbons (Fsp3) is 0.350. The number of fused-ring (bicyclic) bond motifs is 1. The Morgan fingerprint density at radius 1 is 1.25 bits per heavy atom. The van der Waals surface area contributed by atoms with E-state index in [0.717, 1.165) is 23.6 Å². The van der Waals surface area contributed by atoms with Crippen molar-refractivity contribution in [1.82, 2.24) is 9.13 Å². The van der Waals surface area contributed by atoms with Gasteiger partial charge in [0, 0.05) is 46.7 Å². The molecule has 1 fully saturated rings. The van der Waals surface area contributed by atoms with Crippen molar-refractivity contribution in [2.45, 2.75) is 31.2 Å². The zero-order chi connectivity index (χ0) is 16.8. The normalized spacial score (nSPS) is 14.5. The fourth-order valence-corrected chi connectivity index (χ4v) is 4.05. The molecule has 0 unspecified atom stereocenters. The summed E-state index contributed by atoms with van der Waals surface area (Å²) in [7, 11) is 1.83. The lowest BCUT2D eigenvalue weighted by Gasteiger charge is -2.12. The van der Waals surface area contributed by atoms with Gasteiger partial charge in [-0.05, 0) is 56.2 Å². The van der Waals surface area contributed by atoms with Gasteiger partial charge in [0.25, 0.3) is 5.56 Å². The third kappa shape index (κ3) is 2.59. The van der Waals surface area contributed by atoms with E-state index in [9.17, 15) is 4.79 Å². The van der Waals surface area contributed by atoms with Crippen LogP contribution < -0.4 is 5.56 Å². The van der Waals surface area contributed by atoms with Crippen LogP contribution in [0.1, 0.15) is 18.4 Å². The molecule has 1 saturated carbocycles. The van der Waals surface area contributed by atoms with E-state index in [1.807, 2.05) is 26.2 Å². The van der Waals surface area contributed by atoms with Crippen LogP contribution in [0.3, 0.4) is 0 Å². The van der Waals surface area contributed by atoms with E-state index in [1.54, 1.807) is 16.3 Å². The maximum atomic E-state index is 12.1. The van der Waals surface area contributed by atoms with Gasteiger partial charge in [-0.25, -0.2) is 0 Å². The van der Waals surface area contributed by atoms with Gasteiger partial charge in [-0.2, -0.15) is 0 Å². The quantitative estimate of drug-likeness (QED) is 0.657. The highest BCUT2D eigenvalue weighted by atomic mass is 32.2. The zero-order valence-electron chi connectivity index (χ0n) is 14.4. The molecule has 2 heterocycles. The first kappa shape index (κ1) is 15.6. The summed E-state index contributed by atoms with van der Waals surface area (Å²) in [5, 5.41) is 1.31. The largest absolute Gasteiger partial charge is 0.340 e. The van der Waals surface area contributed by atoms with E-state index in [0.29, 0.717) is 0 Å².